The summed E-state index contributed by atoms with van der Waals surface area (Å²) < 4.78 is 10.5. The lowest BCUT2D eigenvalue weighted by atomic mass is 10.1. The van der Waals surface area contributed by atoms with Crippen molar-refractivity contribution in [1.29, 1.82) is 0 Å². The van der Waals surface area contributed by atoms with Gasteiger partial charge in [-0.3, -0.25) is 15.0 Å². The average molecular weight is 461 g/mol. The maximum Gasteiger partial charge on any atom is 0.280 e. The number of carbonyl (C=O) groups is 2. The molecule has 3 aromatic rings. The third kappa shape index (κ3) is 5.38. The molecule has 0 aliphatic carbocycles. The lowest BCUT2D eigenvalue weighted by molar-refractivity contribution is -0.137. The molecule has 1 saturated heterocycles. The summed E-state index contributed by atoms with van der Waals surface area (Å²) in [5.74, 6) is 0.965. The van der Waals surface area contributed by atoms with Crippen LogP contribution in [0, 0.1) is 0 Å². The number of rotatable bonds is 7. The van der Waals surface area contributed by atoms with Crippen molar-refractivity contribution in [2.75, 3.05) is 14.2 Å². The van der Waals surface area contributed by atoms with Crippen molar-refractivity contribution < 1.29 is 19.1 Å². The molecule has 1 fully saturated rings. The van der Waals surface area contributed by atoms with Gasteiger partial charge in [0.15, 0.2) is 0 Å². The molecule has 1 heterocycles. The van der Waals surface area contributed by atoms with E-state index >= 15 is 0 Å². The first-order valence-corrected chi connectivity index (χ1v) is 11.3. The molecule has 1 aliphatic heterocycles. The topological polar surface area (TPSA) is 67.9 Å². The minimum absolute atomic E-state index is 0.183. The number of hydrazine groups is 1. The van der Waals surface area contributed by atoms with E-state index < -0.39 is 5.37 Å². The van der Waals surface area contributed by atoms with E-state index in [0.717, 1.165) is 28.2 Å². The Morgan fingerprint density at radius 3 is 2.15 bits per heavy atom. The van der Waals surface area contributed by atoms with E-state index in [4.69, 9.17) is 9.47 Å². The summed E-state index contributed by atoms with van der Waals surface area (Å²) in [5, 5.41) is 1.01. The number of nitrogens with zero attached hydrogens (tertiary/aromatic N) is 1. The number of carbonyl (C=O) groups excluding carboxylic acids is 2. The van der Waals surface area contributed by atoms with Gasteiger partial charge in [0, 0.05) is 0 Å². The van der Waals surface area contributed by atoms with Crippen LogP contribution in [0.4, 0.5) is 0 Å². The third-order valence-electron chi connectivity index (χ3n) is 5.17. The second kappa shape index (κ2) is 10.3. The monoisotopic (exact) mass is 460 g/mol. The highest BCUT2D eigenvalue weighted by Gasteiger charge is 2.38. The molecule has 2 amide bonds. The van der Waals surface area contributed by atoms with Gasteiger partial charge >= 0.3 is 0 Å². The Hall–Kier alpha value is -3.71. The van der Waals surface area contributed by atoms with Crippen molar-refractivity contribution in [2.45, 2.75) is 11.8 Å². The second-order valence-electron chi connectivity index (χ2n) is 7.40. The molecule has 1 N–H and O–H groups in total. The van der Waals surface area contributed by atoms with E-state index in [1.54, 1.807) is 14.2 Å². The fourth-order valence-electron chi connectivity index (χ4n) is 3.45. The molecule has 4 rings (SSSR count). The predicted molar refractivity (Wildman–Crippen MR) is 129 cm³/mol. The summed E-state index contributed by atoms with van der Waals surface area (Å²) in [4.78, 5) is 26.6. The highest BCUT2D eigenvalue weighted by Crippen LogP contribution is 2.45. The standard InChI is InChI=1S/C26H24N2O4S/c1-31-21-12-8-19(9-13-21)16-23-25(30)28(27-24(29)17-18-6-4-3-5-7-18)26(33-23)20-10-14-22(32-2)15-11-20/h3-16,26H,17H2,1-2H3,(H,27,29)/b23-16-/t26-/m1/s1. The van der Waals surface area contributed by atoms with Crippen molar-refractivity contribution in [2.24, 2.45) is 0 Å². The van der Waals surface area contributed by atoms with Crippen LogP contribution in [0.1, 0.15) is 22.1 Å². The van der Waals surface area contributed by atoms with Gasteiger partial charge < -0.3 is 9.47 Å². The van der Waals surface area contributed by atoms with Crippen LogP contribution in [0.15, 0.2) is 83.8 Å². The predicted octanol–water partition coefficient (Wildman–Crippen LogP) is 4.59. The molecule has 6 nitrogen and oxygen atoms in total. The summed E-state index contributed by atoms with van der Waals surface area (Å²) in [5.41, 5.74) is 5.45. The first-order chi connectivity index (χ1) is 16.1. The van der Waals surface area contributed by atoms with Crippen molar-refractivity contribution >= 4 is 29.7 Å². The van der Waals surface area contributed by atoms with Crippen molar-refractivity contribution in [3.05, 3.63) is 100 Å². The van der Waals surface area contributed by atoms with E-state index in [0.29, 0.717) is 4.91 Å². The first kappa shape index (κ1) is 22.5. The number of benzene rings is 3. The summed E-state index contributed by atoms with van der Waals surface area (Å²) in [7, 11) is 3.22. The zero-order valence-corrected chi connectivity index (χ0v) is 19.2. The van der Waals surface area contributed by atoms with E-state index in [-0.39, 0.29) is 18.2 Å². The Kier molecular flexibility index (Phi) is 7.00. The van der Waals surface area contributed by atoms with Crippen LogP contribution >= 0.6 is 11.8 Å². The number of ether oxygens (including phenoxy) is 2. The molecule has 0 spiro atoms. The van der Waals surface area contributed by atoms with Gasteiger partial charge in [-0.1, -0.05) is 66.4 Å². The molecule has 0 unspecified atom stereocenters. The summed E-state index contributed by atoms with van der Waals surface area (Å²) >= 11 is 1.40. The number of amides is 2. The molecule has 1 aliphatic rings. The van der Waals surface area contributed by atoms with Gasteiger partial charge in [0.2, 0.25) is 5.91 Å². The first-order valence-electron chi connectivity index (χ1n) is 10.4. The molecular formula is C26H24N2O4S. The van der Waals surface area contributed by atoms with Crippen LogP contribution in [-0.4, -0.2) is 31.0 Å². The van der Waals surface area contributed by atoms with Gasteiger partial charge in [-0.05, 0) is 47.0 Å². The van der Waals surface area contributed by atoms with Crippen molar-refractivity contribution in [3.8, 4) is 11.5 Å². The van der Waals surface area contributed by atoms with Gasteiger partial charge in [-0.15, -0.1) is 0 Å². The second-order valence-corrected chi connectivity index (χ2v) is 8.52. The number of hydrogen-bond acceptors (Lipinski definition) is 5. The fraction of sp³-hybridized carbons (Fsp3) is 0.154. The normalized spacial score (nSPS) is 16.7. The summed E-state index contributed by atoms with van der Waals surface area (Å²) in [6, 6.07) is 24.4. The van der Waals surface area contributed by atoms with Crippen LogP contribution in [0.5, 0.6) is 11.5 Å². The zero-order chi connectivity index (χ0) is 23.2. The highest BCUT2D eigenvalue weighted by molar-refractivity contribution is 8.04. The van der Waals surface area contributed by atoms with Crippen LogP contribution < -0.4 is 14.9 Å². The smallest absolute Gasteiger partial charge is 0.280 e. The summed E-state index contributed by atoms with van der Waals surface area (Å²) in [6.45, 7) is 0. The average Bonchev–Trinajstić information content (AvgIpc) is 3.15. The number of hydrogen-bond donors (Lipinski definition) is 1. The number of thioether (sulfide) groups is 1. The molecular weight excluding hydrogens is 436 g/mol. The third-order valence-corrected chi connectivity index (χ3v) is 6.42. The Morgan fingerprint density at radius 2 is 1.55 bits per heavy atom. The largest absolute Gasteiger partial charge is 0.497 e. The molecule has 33 heavy (non-hydrogen) atoms. The fourth-order valence-corrected chi connectivity index (χ4v) is 4.64. The van der Waals surface area contributed by atoms with E-state index in [1.165, 1.54) is 16.8 Å². The van der Waals surface area contributed by atoms with Gasteiger partial charge in [0.1, 0.15) is 16.9 Å². The minimum Gasteiger partial charge on any atom is -0.497 e. The molecule has 0 aromatic heterocycles. The van der Waals surface area contributed by atoms with Gasteiger partial charge in [0.05, 0.1) is 25.5 Å². The van der Waals surface area contributed by atoms with Gasteiger partial charge in [-0.25, -0.2) is 5.01 Å². The molecule has 0 bridgehead atoms. The quantitative estimate of drug-likeness (QED) is 0.522. The SMILES string of the molecule is COc1ccc(/C=C2\S[C@H](c3ccc(OC)cc3)N(NC(=O)Cc3ccccc3)C2=O)cc1. The van der Waals surface area contributed by atoms with Crippen LogP contribution in [0.25, 0.3) is 6.08 Å². The number of nitrogens with one attached hydrogen (secondary N) is 1. The Bertz CT molecular complexity index is 1150. The maximum absolute atomic E-state index is 13.3. The maximum atomic E-state index is 13.3. The molecule has 7 heteroatoms. The molecule has 3 aromatic carbocycles. The summed E-state index contributed by atoms with van der Waals surface area (Å²) in [6.07, 6.45) is 2.01. The Morgan fingerprint density at radius 1 is 0.939 bits per heavy atom. The molecule has 1 atom stereocenters. The van der Waals surface area contributed by atoms with E-state index in [9.17, 15) is 9.59 Å². The van der Waals surface area contributed by atoms with Gasteiger partial charge in [-0.2, -0.15) is 0 Å². The van der Waals surface area contributed by atoms with Crippen LogP contribution in [0.2, 0.25) is 0 Å². The molecule has 0 saturated carbocycles. The molecule has 168 valence electrons. The highest BCUT2D eigenvalue weighted by atomic mass is 32.2. The van der Waals surface area contributed by atoms with Crippen LogP contribution in [0.3, 0.4) is 0 Å². The van der Waals surface area contributed by atoms with Gasteiger partial charge in [0.25, 0.3) is 5.91 Å². The van der Waals surface area contributed by atoms with Crippen molar-refractivity contribution in [3.63, 3.8) is 0 Å². The number of methoxy groups -OCH3 is 2. The lowest BCUT2D eigenvalue weighted by Crippen LogP contribution is -2.44. The zero-order valence-electron chi connectivity index (χ0n) is 18.4. The van der Waals surface area contributed by atoms with E-state index in [2.05, 4.69) is 5.43 Å². The van der Waals surface area contributed by atoms with Crippen molar-refractivity contribution in [1.82, 2.24) is 10.4 Å². The molecule has 0 radical (unpaired) electrons. The Balaban J connectivity index is 1.60. The van der Waals surface area contributed by atoms with E-state index in [1.807, 2.05) is 84.9 Å². The lowest BCUT2D eigenvalue weighted by Gasteiger charge is -2.24. The van der Waals surface area contributed by atoms with Crippen LogP contribution in [-0.2, 0) is 16.0 Å². The Labute approximate surface area is 197 Å². The minimum atomic E-state index is -0.396.